The molecule has 7 heteroatoms. The SMILES string of the molecule is CCN(C)C(=O)C(C)Nc1cc(Cl)nc(N)n1. The summed E-state index contributed by atoms with van der Waals surface area (Å²) in [7, 11) is 1.74. The van der Waals surface area contributed by atoms with Crippen LogP contribution in [0.5, 0.6) is 0 Å². The molecule has 0 bridgehead atoms. The molecular formula is C10H16ClN5O. The van der Waals surface area contributed by atoms with Gasteiger partial charge in [0.05, 0.1) is 0 Å². The van der Waals surface area contributed by atoms with E-state index in [-0.39, 0.29) is 17.0 Å². The van der Waals surface area contributed by atoms with Crippen LogP contribution in [0, 0.1) is 0 Å². The smallest absolute Gasteiger partial charge is 0.244 e. The molecule has 0 aliphatic rings. The molecule has 0 aliphatic heterocycles. The molecular weight excluding hydrogens is 242 g/mol. The fourth-order valence-corrected chi connectivity index (χ4v) is 1.47. The van der Waals surface area contributed by atoms with Crippen molar-refractivity contribution in [2.45, 2.75) is 19.9 Å². The predicted octanol–water partition coefficient (Wildman–Crippen LogP) is 0.991. The summed E-state index contributed by atoms with van der Waals surface area (Å²) in [5.41, 5.74) is 5.46. The Labute approximate surface area is 105 Å². The maximum absolute atomic E-state index is 11.8. The van der Waals surface area contributed by atoms with E-state index >= 15 is 0 Å². The van der Waals surface area contributed by atoms with Crippen LogP contribution >= 0.6 is 11.6 Å². The van der Waals surface area contributed by atoms with Gasteiger partial charge < -0.3 is 16.0 Å². The lowest BCUT2D eigenvalue weighted by Crippen LogP contribution is -2.39. The summed E-state index contributed by atoms with van der Waals surface area (Å²) in [6.45, 7) is 4.31. The number of carbonyl (C=O) groups excluding carboxylic acids is 1. The maximum atomic E-state index is 11.8. The third-order valence-corrected chi connectivity index (χ3v) is 2.49. The van der Waals surface area contributed by atoms with Crippen LogP contribution in [0.1, 0.15) is 13.8 Å². The third kappa shape index (κ3) is 3.74. The number of rotatable bonds is 4. The van der Waals surface area contributed by atoms with Crippen molar-refractivity contribution in [3.05, 3.63) is 11.2 Å². The fourth-order valence-electron chi connectivity index (χ4n) is 1.28. The van der Waals surface area contributed by atoms with Gasteiger partial charge in [-0.15, -0.1) is 0 Å². The highest BCUT2D eigenvalue weighted by Crippen LogP contribution is 2.13. The molecule has 94 valence electrons. The Hall–Kier alpha value is -1.56. The predicted molar refractivity (Wildman–Crippen MR) is 67.9 cm³/mol. The number of hydrogen-bond acceptors (Lipinski definition) is 5. The van der Waals surface area contributed by atoms with Crippen molar-refractivity contribution in [2.75, 3.05) is 24.6 Å². The number of hydrogen-bond donors (Lipinski definition) is 2. The molecule has 1 atom stereocenters. The number of carbonyl (C=O) groups is 1. The average molecular weight is 258 g/mol. The molecule has 6 nitrogen and oxygen atoms in total. The summed E-state index contributed by atoms with van der Waals surface area (Å²) in [6.07, 6.45) is 0. The van der Waals surface area contributed by atoms with Crippen molar-refractivity contribution in [3.63, 3.8) is 0 Å². The molecule has 1 aromatic heterocycles. The molecule has 0 aromatic carbocycles. The van der Waals surface area contributed by atoms with Gasteiger partial charge in [0.1, 0.15) is 17.0 Å². The molecule has 1 rings (SSSR count). The molecule has 0 spiro atoms. The van der Waals surface area contributed by atoms with Crippen molar-refractivity contribution in [3.8, 4) is 0 Å². The van der Waals surface area contributed by atoms with E-state index in [9.17, 15) is 4.79 Å². The lowest BCUT2D eigenvalue weighted by atomic mass is 10.3. The van der Waals surface area contributed by atoms with Crippen LogP contribution in [-0.4, -0.2) is 40.4 Å². The normalized spacial score (nSPS) is 12.0. The van der Waals surface area contributed by atoms with Crippen LogP contribution in [0.4, 0.5) is 11.8 Å². The molecule has 0 saturated heterocycles. The molecule has 1 unspecified atom stereocenters. The minimum atomic E-state index is -0.398. The Kier molecular flexibility index (Phi) is 4.51. The van der Waals surface area contributed by atoms with Gasteiger partial charge in [0.25, 0.3) is 0 Å². The number of nitrogens with one attached hydrogen (secondary N) is 1. The second-order valence-electron chi connectivity index (χ2n) is 3.65. The standard InChI is InChI=1S/C10H16ClN5O/c1-4-16(3)9(17)6(2)13-8-5-7(11)14-10(12)15-8/h5-6H,4H2,1-3H3,(H3,12,13,14,15). The summed E-state index contributed by atoms with van der Waals surface area (Å²) >= 11 is 5.74. The molecule has 0 aliphatic carbocycles. The fraction of sp³-hybridized carbons (Fsp3) is 0.500. The Morgan fingerprint density at radius 2 is 2.29 bits per heavy atom. The molecule has 1 aromatic rings. The summed E-state index contributed by atoms with van der Waals surface area (Å²) in [5, 5.41) is 3.17. The van der Waals surface area contributed by atoms with Crippen LogP contribution in [0.2, 0.25) is 5.15 Å². The van der Waals surface area contributed by atoms with Gasteiger partial charge in [-0.05, 0) is 13.8 Å². The van der Waals surface area contributed by atoms with Gasteiger partial charge in [0.15, 0.2) is 0 Å². The molecule has 0 saturated carbocycles. The number of amides is 1. The van der Waals surface area contributed by atoms with E-state index < -0.39 is 6.04 Å². The van der Waals surface area contributed by atoms with Gasteiger partial charge >= 0.3 is 0 Å². The van der Waals surface area contributed by atoms with Crippen molar-refractivity contribution in [1.82, 2.24) is 14.9 Å². The van der Waals surface area contributed by atoms with Crippen molar-refractivity contribution < 1.29 is 4.79 Å². The first-order chi connectivity index (χ1) is 7.93. The molecule has 0 fully saturated rings. The molecule has 1 amide bonds. The first-order valence-corrected chi connectivity index (χ1v) is 5.63. The van der Waals surface area contributed by atoms with E-state index in [1.807, 2.05) is 6.92 Å². The van der Waals surface area contributed by atoms with E-state index in [0.29, 0.717) is 12.4 Å². The van der Waals surface area contributed by atoms with Crippen molar-refractivity contribution >= 4 is 29.3 Å². The van der Waals surface area contributed by atoms with E-state index in [4.69, 9.17) is 17.3 Å². The summed E-state index contributed by atoms with van der Waals surface area (Å²) < 4.78 is 0. The zero-order chi connectivity index (χ0) is 13.0. The average Bonchev–Trinajstić information content (AvgIpc) is 2.25. The van der Waals surface area contributed by atoms with Crippen LogP contribution in [0.25, 0.3) is 0 Å². The van der Waals surface area contributed by atoms with Crippen molar-refractivity contribution in [1.29, 1.82) is 0 Å². The highest BCUT2D eigenvalue weighted by Gasteiger charge is 2.16. The van der Waals surface area contributed by atoms with Crippen LogP contribution in [-0.2, 0) is 4.79 Å². The van der Waals surface area contributed by atoms with E-state index in [0.717, 1.165) is 0 Å². The summed E-state index contributed by atoms with van der Waals surface area (Å²) in [4.78, 5) is 21.1. The van der Waals surface area contributed by atoms with Gasteiger partial charge in [0.2, 0.25) is 11.9 Å². The lowest BCUT2D eigenvalue weighted by Gasteiger charge is -2.20. The second-order valence-corrected chi connectivity index (χ2v) is 4.04. The highest BCUT2D eigenvalue weighted by molar-refractivity contribution is 6.29. The minimum absolute atomic E-state index is 0.0270. The molecule has 1 heterocycles. The van der Waals surface area contributed by atoms with Gasteiger partial charge in [-0.2, -0.15) is 4.98 Å². The highest BCUT2D eigenvalue weighted by atomic mass is 35.5. The third-order valence-electron chi connectivity index (χ3n) is 2.30. The Balaban J connectivity index is 2.74. The van der Waals surface area contributed by atoms with Gasteiger partial charge in [-0.25, -0.2) is 4.98 Å². The topological polar surface area (TPSA) is 84.1 Å². The van der Waals surface area contributed by atoms with Gasteiger partial charge in [-0.1, -0.05) is 11.6 Å². The van der Waals surface area contributed by atoms with Gasteiger partial charge in [0, 0.05) is 19.7 Å². The number of nitrogens with two attached hydrogens (primary N) is 1. The molecule has 3 N–H and O–H groups in total. The van der Waals surface area contributed by atoms with E-state index in [2.05, 4.69) is 15.3 Å². The molecule has 17 heavy (non-hydrogen) atoms. The maximum Gasteiger partial charge on any atom is 0.244 e. The number of likely N-dealkylation sites (N-methyl/N-ethyl adjacent to an activating group) is 1. The Bertz CT molecular complexity index is 391. The number of anilines is 2. The Morgan fingerprint density at radius 3 is 2.82 bits per heavy atom. The molecule has 0 radical (unpaired) electrons. The Morgan fingerprint density at radius 1 is 1.65 bits per heavy atom. The number of nitrogen functional groups attached to an aromatic ring is 1. The minimum Gasteiger partial charge on any atom is -0.368 e. The van der Waals surface area contributed by atoms with E-state index in [1.54, 1.807) is 18.9 Å². The zero-order valence-electron chi connectivity index (χ0n) is 10.1. The number of halogens is 1. The summed E-state index contributed by atoms with van der Waals surface area (Å²) in [5.74, 6) is 0.483. The lowest BCUT2D eigenvalue weighted by molar-refractivity contribution is -0.130. The van der Waals surface area contributed by atoms with Gasteiger partial charge in [-0.3, -0.25) is 4.79 Å². The van der Waals surface area contributed by atoms with Crippen molar-refractivity contribution in [2.24, 2.45) is 0 Å². The van der Waals surface area contributed by atoms with Crippen LogP contribution in [0.3, 0.4) is 0 Å². The van der Waals surface area contributed by atoms with E-state index in [1.165, 1.54) is 6.07 Å². The van der Waals surface area contributed by atoms with Crippen LogP contribution in [0.15, 0.2) is 6.07 Å². The first kappa shape index (κ1) is 13.5. The summed E-state index contributed by atoms with van der Waals surface area (Å²) in [6, 6.07) is 1.12. The zero-order valence-corrected chi connectivity index (χ0v) is 10.8. The quantitative estimate of drug-likeness (QED) is 0.786. The van der Waals surface area contributed by atoms with Crippen LogP contribution < -0.4 is 11.1 Å². The monoisotopic (exact) mass is 257 g/mol. The first-order valence-electron chi connectivity index (χ1n) is 5.25. The number of nitrogens with zero attached hydrogens (tertiary/aromatic N) is 3. The number of aromatic nitrogens is 2. The largest absolute Gasteiger partial charge is 0.368 e. The second kappa shape index (κ2) is 5.67.